The van der Waals surface area contributed by atoms with Gasteiger partial charge in [-0.15, -0.1) is 0 Å². The van der Waals surface area contributed by atoms with E-state index in [1.54, 1.807) is 4.90 Å². The number of hydrogen-bond donors (Lipinski definition) is 1. The van der Waals surface area contributed by atoms with Gasteiger partial charge in [0.15, 0.2) is 6.61 Å². The van der Waals surface area contributed by atoms with E-state index in [9.17, 15) is 9.59 Å². The lowest BCUT2D eigenvalue weighted by atomic mass is 10.2. The maximum atomic E-state index is 11.5. The van der Waals surface area contributed by atoms with Crippen molar-refractivity contribution in [2.75, 3.05) is 31.8 Å². The minimum absolute atomic E-state index is 0.0468. The van der Waals surface area contributed by atoms with Crippen LogP contribution in [0.2, 0.25) is 0 Å². The van der Waals surface area contributed by atoms with Crippen LogP contribution in [-0.4, -0.2) is 43.9 Å². The van der Waals surface area contributed by atoms with Crippen molar-refractivity contribution in [1.82, 2.24) is 0 Å². The Balaban J connectivity index is 0.000000286. The van der Waals surface area contributed by atoms with E-state index >= 15 is 0 Å². The molecule has 1 aromatic carbocycles. The second-order valence-corrected chi connectivity index (χ2v) is 4.13. The van der Waals surface area contributed by atoms with Crippen molar-refractivity contribution >= 4 is 17.6 Å². The average molecular weight is 281 g/mol. The number of ether oxygens (including phenoxy) is 2. The summed E-state index contributed by atoms with van der Waals surface area (Å²) in [6, 6.07) is 7.65. The largest absolute Gasteiger partial charge is 0.482 e. The highest BCUT2D eigenvalue weighted by Gasteiger charge is 2.23. The van der Waals surface area contributed by atoms with Gasteiger partial charge in [0.2, 0.25) is 0 Å². The first-order valence-electron chi connectivity index (χ1n) is 6.33. The number of carboxylic acids is 1. The Bertz CT molecular complexity index is 461. The van der Waals surface area contributed by atoms with Gasteiger partial charge in [0, 0.05) is 13.7 Å². The Morgan fingerprint density at radius 2 is 2.15 bits per heavy atom. The van der Waals surface area contributed by atoms with Gasteiger partial charge in [0.05, 0.1) is 5.69 Å². The molecule has 0 unspecified atom stereocenters. The number of fused-ring (bicyclic) bond motifs is 1. The lowest BCUT2D eigenvalue weighted by Gasteiger charge is -2.28. The number of carbonyl (C=O) groups is 2. The molecule has 1 N–H and O–H groups in total. The molecule has 0 radical (unpaired) electrons. The zero-order valence-electron chi connectivity index (χ0n) is 11.7. The third-order valence-corrected chi connectivity index (χ3v) is 2.52. The monoisotopic (exact) mass is 281 g/mol. The summed E-state index contributed by atoms with van der Waals surface area (Å²) in [5, 5.41) is 7.79. The molecule has 0 aromatic heterocycles. The summed E-state index contributed by atoms with van der Waals surface area (Å²) in [4.78, 5) is 22.8. The van der Waals surface area contributed by atoms with Gasteiger partial charge in [-0.1, -0.05) is 19.1 Å². The maximum Gasteiger partial charge on any atom is 0.329 e. The highest BCUT2D eigenvalue weighted by molar-refractivity contribution is 5.97. The quantitative estimate of drug-likeness (QED) is 0.906. The fourth-order valence-electron chi connectivity index (χ4n) is 1.75. The smallest absolute Gasteiger partial charge is 0.329 e. The minimum Gasteiger partial charge on any atom is -0.482 e. The number of carbonyl (C=O) groups excluding carboxylic acids is 1. The van der Waals surface area contributed by atoms with Crippen molar-refractivity contribution in [2.24, 2.45) is 0 Å². The molecule has 6 nitrogen and oxygen atoms in total. The van der Waals surface area contributed by atoms with E-state index in [-0.39, 0.29) is 19.1 Å². The fourth-order valence-corrected chi connectivity index (χ4v) is 1.75. The Morgan fingerprint density at radius 1 is 1.45 bits per heavy atom. The molecule has 0 fully saturated rings. The molecule has 0 atom stereocenters. The summed E-state index contributed by atoms with van der Waals surface area (Å²) in [5.74, 6) is -0.0800. The number of para-hydroxylation sites is 2. The summed E-state index contributed by atoms with van der Waals surface area (Å²) in [5.41, 5.74) is 0.894. The standard InChI is InChI=1S/C11H13NO2.C3H6O3/c1-2-7-12-9-5-3-4-6-10(9)14-8-11(12)13;1-6-2-3(4)5/h3-6H,2,7-8H2,1H3;2H2,1H3,(H,4,5). The van der Waals surface area contributed by atoms with Crippen molar-refractivity contribution in [1.29, 1.82) is 0 Å². The van der Waals surface area contributed by atoms with Gasteiger partial charge in [-0.25, -0.2) is 4.79 Å². The minimum atomic E-state index is -0.933. The van der Waals surface area contributed by atoms with Gasteiger partial charge in [-0.3, -0.25) is 4.79 Å². The van der Waals surface area contributed by atoms with Gasteiger partial charge in [-0.2, -0.15) is 0 Å². The molecule has 110 valence electrons. The third kappa shape index (κ3) is 4.55. The van der Waals surface area contributed by atoms with Gasteiger partial charge < -0.3 is 19.5 Å². The van der Waals surface area contributed by atoms with Crippen molar-refractivity contribution < 1.29 is 24.2 Å². The van der Waals surface area contributed by atoms with Crippen molar-refractivity contribution in [3.05, 3.63) is 24.3 Å². The van der Waals surface area contributed by atoms with E-state index in [4.69, 9.17) is 9.84 Å². The number of nitrogens with zero attached hydrogens (tertiary/aromatic N) is 1. The first kappa shape index (κ1) is 16.0. The van der Waals surface area contributed by atoms with E-state index in [1.165, 1.54) is 7.11 Å². The molecule has 0 bridgehead atoms. The Hall–Kier alpha value is -2.08. The predicted octanol–water partition coefficient (Wildman–Crippen LogP) is 1.54. The molecule has 1 aliphatic heterocycles. The van der Waals surface area contributed by atoms with Crippen LogP contribution < -0.4 is 9.64 Å². The first-order valence-corrected chi connectivity index (χ1v) is 6.33. The van der Waals surface area contributed by atoms with Crippen LogP contribution in [0.5, 0.6) is 5.75 Å². The maximum absolute atomic E-state index is 11.5. The van der Waals surface area contributed by atoms with E-state index in [2.05, 4.69) is 11.7 Å². The molecule has 1 amide bonds. The highest BCUT2D eigenvalue weighted by Crippen LogP contribution is 2.31. The van der Waals surface area contributed by atoms with Gasteiger partial charge >= 0.3 is 5.97 Å². The summed E-state index contributed by atoms with van der Waals surface area (Å²) >= 11 is 0. The second-order valence-electron chi connectivity index (χ2n) is 4.13. The molecule has 0 saturated heterocycles. The zero-order chi connectivity index (χ0) is 15.0. The number of anilines is 1. The SMILES string of the molecule is CCCN1C(=O)COc2ccccc21.COCC(=O)O. The molecule has 1 aromatic rings. The average Bonchev–Trinajstić information content (AvgIpc) is 2.43. The fraction of sp³-hybridized carbons (Fsp3) is 0.429. The van der Waals surface area contributed by atoms with E-state index in [0.29, 0.717) is 0 Å². The van der Waals surface area contributed by atoms with Gasteiger partial charge in [-0.05, 0) is 18.6 Å². The molecule has 2 rings (SSSR count). The van der Waals surface area contributed by atoms with Crippen LogP contribution in [0, 0.1) is 0 Å². The lowest BCUT2D eigenvalue weighted by Crippen LogP contribution is -2.39. The van der Waals surface area contributed by atoms with Crippen molar-refractivity contribution in [3.63, 3.8) is 0 Å². The van der Waals surface area contributed by atoms with Crippen LogP contribution in [0.4, 0.5) is 5.69 Å². The Kier molecular flexibility index (Phi) is 6.52. The molecular formula is C14H19NO5. The summed E-state index contributed by atoms with van der Waals surface area (Å²) < 4.78 is 9.52. The molecule has 0 aliphatic carbocycles. The number of rotatable bonds is 4. The molecule has 1 heterocycles. The molecule has 20 heavy (non-hydrogen) atoms. The van der Waals surface area contributed by atoms with Crippen LogP contribution in [0.25, 0.3) is 0 Å². The van der Waals surface area contributed by atoms with Gasteiger partial charge in [0.1, 0.15) is 12.4 Å². The summed E-state index contributed by atoms with van der Waals surface area (Å²) in [7, 11) is 1.34. The summed E-state index contributed by atoms with van der Waals surface area (Å²) in [6.07, 6.45) is 0.958. The topological polar surface area (TPSA) is 76.1 Å². The lowest BCUT2D eigenvalue weighted by molar-refractivity contribution is -0.141. The molecule has 1 aliphatic rings. The number of carboxylic acid groups (broad SMARTS) is 1. The number of hydrogen-bond acceptors (Lipinski definition) is 4. The predicted molar refractivity (Wildman–Crippen MR) is 74.1 cm³/mol. The zero-order valence-corrected chi connectivity index (χ0v) is 11.7. The van der Waals surface area contributed by atoms with E-state index in [0.717, 1.165) is 24.4 Å². The molecular weight excluding hydrogens is 262 g/mol. The number of methoxy groups -OCH3 is 1. The van der Waals surface area contributed by atoms with Crippen LogP contribution in [0.3, 0.4) is 0 Å². The summed E-state index contributed by atoms with van der Waals surface area (Å²) in [6.45, 7) is 2.78. The van der Waals surface area contributed by atoms with Crippen molar-refractivity contribution in [3.8, 4) is 5.75 Å². The number of benzene rings is 1. The molecule has 6 heteroatoms. The third-order valence-electron chi connectivity index (χ3n) is 2.52. The number of amides is 1. The Labute approximate surface area is 117 Å². The Morgan fingerprint density at radius 3 is 2.70 bits per heavy atom. The molecule has 0 spiro atoms. The van der Waals surface area contributed by atoms with E-state index in [1.807, 2.05) is 24.3 Å². The van der Waals surface area contributed by atoms with E-state index < -0.39 is 5.97 Å². The van der Waals surface area contributed by atoms with Crippen molar-refractivity contribution in [2.45, 2.75) is 13.3 Å². The van der Waals surface area contributed by atoms with Crippen LogP contribution in [-0.2, 0) is 14.3 Å². The normalized spacial score (nSPS) is 12.9. The van der Waals surface area contributed by atoms with Crippen LogP contribution in [0.15, 0.2) is 24.3 Å². The number of aliphatic carboxylic acids is 1. The first-order chi connectivity index (χ1) is 9.60. The van der Waals surface area contributed by atoms with Crippen LogP contribution >= 0.6 is 0 Å². The van der Waals surface area contributed by atoms with Gasteiger partial charge in [0.25, 0.3) is 5.91 Å². The highest BCUT2D eigenvalue weighted by atomic mass is 16.5. The second kappa shape index (κ2) is 8.16. The van der Waals surface area contributed by atoms with Crippen LogP contribution in [0.1, 0.15) is 13.3 Å². The molecule has 0 saturated carbocycles.